The van der Waals surface area contributed by atoms with Gasteiger partial charge in [-0.2, -0.15) is 0 Å². The number of fused-ring (bicyclic) bond motifs is 11. The first-order valence-electron chi connectivity index (χ1n) is 20.2. The van der Waals surface area contributed by atoms with Crippen LogP contribution in [0.4, 0.5) is 0 Å². The highest BCUT2D eigenvalue weighted by atomic mass is 15.0. The van der Waals surface area contributed by atoms with Crippen LogP contribution in [0.1, 0.15) is 27.8 Å². The Morgan fingerprint density at radius 1 is 0.356 bits per heavy atom. The average Bonchev–Trinajstić information content (AvgIpc) is 3.79. The van der Waals surface area contributed by atoms with Crippen molar-refractivity contribution in [1.29, 1.82) is 0 Å². The van der Waals surface area contributed by atoms with Crippen LogP contribution in [0.15, 0.2) is 194 Å². The predicted octanol–water partition coefficient (Wildman–Crippen LogP) is 10.4. The third kappa shape index (κ3) is 5.13. The topological polar surface area (TPSA) is 50.7 Å². The van der Waals surface area contributed by atoms with Crippen molar-refractivity contribution >= 4 is 11.8 Å². The van der Waals surface area contributed by atoms with Gasteiger partial charge in [-0.05, 0) is 101 Å². The van der Waals surface area contributed by atoms with E-state index in [1.54, 1.807) is 0 Å². The van der Waals surface area contributed by atoms with E-state index >= 15 is 0 Å². The molecule has 0 bridgehead atoms. The Labute approximate surface area is 342 Å². The molecule has 59 heavy (non-hydrogen) atoms. The first-order valence-corrected chi connectivity index (χ1v) is 20.2. The summed E-state index contributed by atoms with van der Waals surface area (Å²) in [7, 11) is 0. The molecule has 1 N–H and O–H groups in total. The smallest absolute Gasteiger partial charge is 0.164 e. The van der Waals surface area contributed by atoms with Gasteiger partial charge in [-0.15, -0.1) is 0 Å². The first-order chi connectivity index (χ1) is 29.2. The van der Waals surface area contributed by atoms with Crippen LogP contribution in [0.5, 0.6) is 0 Å². The van der Waals surface area contributed by atoms with Crippen molar-refractivity contribution in [3.8, 4) is 67.5 Å². The first kappa shape index (κ1) is 33.4. The van der Waals surface area contributed by atoms with Gasteiger partial charge < -0.3 is 5.32 Å². The SMILES string of the molecule is C1=c2ccccc2=C(c2cc(-c3ccc4c(c3)C3(c5ccccc5-c5ccccc53)c3ccccc3-4)cc(-c3nc(-c4ccccc4)nc(-c4ccccc4)n3)c2)CN1. The third-order valence-electron chi connectivity index (χ3n) is 12.4. The summed E-state index contributed by atoms with van der Waals surface area (Å²) in [6.07, 6.45) is 2.11. The van der Waals surface area contributed by atoms with Crippen LogP contribution in [0.2, 0.25) is 0 Å². The van der Waals surface area contributed by atoms with Gasteiger partial charge in [0.05, 0.1) is 5.41 Å². The second-order valence-corrected chi connectivity index (χ2v) is 15.6. The van der Waals surface area contributed by atoms with Gasteiger partial charge in [-0.25, -0.2) is 15.0 Å². The molecule has 0 unspecified atom stereocenters. The molecule has 3 aliphatic rings. The third-order valence-corrected chi connectivity index (χ3v) is 12.4. The average molecular weight is 753 g/mol. The Balaban J connectivity index is 1.12. The Kier molecular flexibility index (Phi) is 7.48. The summed E-state index contributed by atoms with van der Waals surface area (Å²) in [6, 6.07) is 70.0. The minimum Gasteiger partial charge on any atom is -0.386 e. The second-order valence-electron chi connectivity index (χ2n) is 15.6. The highest BCUT2D eigenvalue weighted by Gasteiger charge is 2.51. The van der Waals surface area contributed by atoms with E-state index in [1.165, 1.54) is 60.5 Å². The molecular formula is C55H36N4. The number of nitrogens with one attached hydrogen (secondary N) is 1. The molecule has 2 heterocycles. The molecule has 4 heteroatoms. The summed E-state index contributed by atoms with van der Waals surface area (Å²) in [6.45, 7) is 0.706. The van der Waals surface area contributed by atoms with Crippen LogP contribution < -0.4 is 15.8 Å². The highest BCUT2D eigenvalue weighted by Crippen LogP contribution is 2.63. The largest absolute Gasteiger partial charge is 0.386 e. The maximum Gasteiger partial charge on any atom is 0.164 e. The number of rotatable bonds is 5. The molecule has 12 rings (SSSR count). The van der Waals surface area contributed by atoms with Gasteiger partial charge in [0.15, 0.2) is 17.5 Å². The van der Waals surface area contributed by atoms with Gasteiger partial charge in [0.1, 0.15) is 0 Å². The van der Waals surface area contributed by atoms with Gasteiger partial charge in [-0.1, -0.05) is 170 Å². The van der Waals surface area contributed by atoms with E-state index in [0.29, 0.717) is 24.0 Å². The van der Waals surface area contributed by atoms with Gasteiger partial charge >= 0.3 is 0 Å². The summed E-state index contributed by atoms with van der Waals surface area (Å²) in [5, 5.41) is 5.96. The number of benzene rings is 8. The van der Waals surface area contributed by atoms with Crippen molar-refractivity contribution in [3.63, 3.8) is 0 Å². The van der Waals surface area contributed by atoms with E-state index in [0.717, 1.165) is 33.4 Å². The van der Waals surface area contributed by atoms with Gasteiger partial charge in [-0.3, -0.25) is 0 Å². The van der Waals surface area contributed by atoms with Crippen molar-refractivity contribution in [3.05, 3.63) is 232 Å². The van der Waals surface area contributed by atoms with Crippen LogP contribution in [0, 0.1) is 0 Å². The Morgan fingerprint density at radius 3 is 1.44 bits per heavy atom. The zero-order valence-corrected chi connectivity index (χ0v) is 32.1. The van der Waals surface area contributed by atoms with E-state index in [-0.39, 0.29) is 0 Å². The number of nitrogens with zero attached hydrogens (tertiary/aromatic N) is 3. The lowest BCUT2D eigenvalue weighted by Crippen LogP contribution is -2.36. The fraction of sp³-hybridized carbons (Fsp3) is 0.0364. The molecule has 1 spiro atoms. The molecule has 0 saturated heterocycles. The summed E-state index contributed by atoms with van der Waals surface area (Å²) in [5.41, 5.74) is 17.5. The van der Waals surface area contributed by atoms with Gasteiger partial charge in [0.2, 0.25) is 0 Å². The van der Waals surface area contributed by atoms with Crippen LogP contribution >= 0.6 is 0 Å². The molecule has 0 amide bonds. The summed E-state index contributed by atoms with van der Waals surface area (Å²) >= 11 is 0. The zero-order valence-electron chi connectivity index (χ0n) is 32.1. The van der Waals surface area contributed by atoms with Crippen molar-refractivity contribution in [2.75, 3.05) is 6.54 Å². The lowest BCUT2D eigenvalue weighted by Gasteiger charge is -2.30. The normalized spacial score (nSPS) is 13.7. The van der Waals surface area contributed by atoms with Crippen LogP contribution in [-0.2, 0) is 5.41 Å². The number of hydrogen-bond donors (Lipinski definition) is 1. The minimum atomic E-state index is -0.435. The number of hydrogen-bond acceptors (Lipinski definition) is 4. The predicted molar refractivity (Wildman–Crippen MR) is 239 cm³/mol. The van der Waals surface area contributed by atoms with E-state index in [9.17, 15) is 0 Å². The van der Waals surface area contributed by atoms with Crippen molar-refractivity contribution in [1.82, 2.24) is 20.3 Å². The van der Waals surface area contributed by atoms with Crippen molar-refractivity contribution in [2.24, 2.45) is 0 Å². The summed E-state index contributed by atoms with van der Waals surface area (Å²) in [4.78, 5) is 15.4. The van der Waals surface area contributed by atoms with Gasteiger partial charge in [0.25, 0.3) is 0 Å². The van der Waals surface area contributed by atoms with Crippen LogP contribution in [-0.4, -0.2) is 21.5 Å². The molecule has 8 aromatic carbocycles. The molecule has 276 valence electrons. The van der Waals surface area contributed by atoms with Crippen molar-refractivity contribution < 1.29 is 0 Å². The second kappa shape index (κ2) is 13.2. The Morgan fingerprint density at radius 2 is 0.831 bits per heavy atom. The van der Waals surface area contributed by atoms with E-state index < -0.39 is 5.41 Å². The fourth-order valence-electron chi connectivity index (χ4n) is 9.82. The standard InChI is InChI=1S/C55H36N4/c1-3-15-35(16-4-1)52-57-53(36-17-5-2-6-18-36)59-54(58-52)41-30-39(29-40(31-41)47-34-56-33-38-19-7-8-20-42(38)47)37-27-28-46-45-23-11-14-26-50(45)55(51(46)32-37)48-24-12-9-21-43(48)44-22-10-13-25-49(44)55/h1-33,56H,34H2. The highest BCUT2D eigenvalue weighted by molar-refractivity contribution is 5.96. The number of aromatic nitrogens is 3. The van der Waals surface area contributed by atoms with E-state index in [2.05, 4.69) is 169 Å². The molecule has 0 saturated carbocycles. The molecule has 4 nitrogen and oxygen atoms in total. The van der Waals surface area contributed by atoms with E-state index in [4.69, 9.17) is 15.0 Å². The molecule has 0 radical (unpaired) electrons. The maximum atomic E-state index is 5.20. The molecule has 0 fully saturated rings. The molecule has 9 aromatic rings. The fourth-order valence-corrected chi connectivity index (χ4v) is 9.82. The monoisotopic (exact) mass is 752 g/mol. The maximum absolute atomic E-state index is 5.20. The van der Waals surface area contributed by atoms with Crippen LogP contribution in [0.3, 0.4) is 0 Å². The Bertz CT molecular complexity index is 3160. The molecule has 1 aromatic heterocycles. The summed E-state index contributed by atoms with van der Waals surface area (Å²) < 4.78 is 0. The van der Waals surface area contributed by atoms with E-state index in [1.807, 2.05) is 36.4 Å². The molecule has 2 aliphatic carbocycles. The zero-order chi connectivity index (χ0) is 38.9. The molecule has 0 atom stereocenters. The lowest BCUT2D eigenvalue weighted by molar-refractivity contribution is 0.794. The van der Waals surface area contributed by atoms with Gasteiger partial charge in [0, 0.05) is 29.4 Å². The van der Waals surface area contributed by atoms with Crippen LogP contribution in [0.25, 0.3) is 79.3 Å². The summed E-state index contributed by atoms with van der Waals surface area (Å²) in [5.74, 6) is 1.92. The lowest BCUT2D eigenvalue weighted by atomic mass is 9.70. The molecule has 1 aliphatic heterocycles. The molecular weight excluding hydrogens is 717 g/mol. The van der Waals surface area contributed by atoms with Crippen molar-refractivity contribution in [2.45, 2.75) is 5.41 Å². The minimum absolute atomic E-state index is 0.435. The Hall–Kier alpha value is -7.69. The quantitative estimate of drug-likeness (QED) is 0.190.